The van der Waals surface area contributed by atoms with E-state index in [9.17, 15) is 13.2 Å². The quantitative estimate of drug-likeness (QED) is 0.350. The van der Waals surface area contributed by atoms with Crippen molar-refractivity contribution >= 4 is 59.9 Å². The Balaban J connectivity index is 0.00000136. The molecule has 11 heteroatoms. The maximum absolute atomic E-state index is 13.1. The van der Waals surface area contributed by atoms with Gasteiger partial charge in [0.2, 0.25) is 5.28 Å². The zero-order chi connectivity index (χ0) is 20.5. The van der Waals surface area contributed by atoms with Crippen LogP contribution in [0.3, 0.4) is 0 Å². The molecule has 0 aliphatic heterocycles. The second-order valence-corrected chi connectivity index (χ2v) is 10.1. The number of rotatable bonds is 2. The van der Waals surface area contributed by atoms with Crippen molar-refractivity contribution in [2.45, 2.75) is 18.7 Å². The molecule has 0 radical (unpaired) electrons. The number of fused-ring (bicyclic) bond motifs is 4. The molecule has 0 aliphatic carbocycles. The van der Waals surface area contributed by atoms with Gasteiger partial charge >= 0.3 is 1.43 Å². The van der Waals surface area contributed by atoms with E-state index in [4.69, 9.17) is 11.6 Å². The lowest BCUT2D eigenvalue weighted by Gasteiger charge is -2.09. The number of nitrogens with zero attached hydrogens (tertiary/aromatic N) is 4. The van der Waals surface area contributed by atoms with E-state index < -0.39 is 10.0 Å². The molecule has 4 aromatic heterocycles. The number of aromatic nitrogens is 4. The standard InChI is InChI=1S/C19H13ClN4O3S2.ClH/c1-10-3-5-12(6-4-10)29(26,27)23-8-7-13-16(23)22-19(20)24-17(13)21-14-9-11(2)28-15(14)18(24)25;/h3-9H,1-2H3;1H. The van der Waals surface area contributed by atoms with Crippen LogP contribution in [0, 0.1) is 13.8 Å². The fourth-order valence-corrected chi connectivity index (χ4v) is 5.71. The molecular weight excluding hydrogens is 467 g/mol. The molecule has 0 bridgehead atoms. The summed E-state index contributed by atoms with van der Waals surface area (Å²) in [6.45, 7) is 3.77. The first-order valence-electron chi connectivity index (χ1n) is 8.59. The van der Waals surface area contributed by atoms with E-state index in [-0.39, 0.29) is 40.9 Å². The van der Waals surface area contributed by atoms with Crippen LogP contribution in [0.2, 0.25) is 5.28 Å². The Labute approximate surface area is 187 Å². The molecule has 4 heterocycles. The molecular formula is C19H14Cl2N4O3S2. The zero-order valence-electron chi connectivity index (χ0n) is 16.6. The Morgan fingerprint density at radius 3 is 2.47 bits per heavy atom. The molecule has 1 aromatic carbocycles. The Bertz CT molecular complexity index is 1620. The molecule has 5 aromatic rings. The first-order chi connectivity index (χ1) is 13.8. The van der Waals surface area contributed by atoms with E-state index in [1.165, 1.54) is 21.9 Å². The number of hydrogen-bond acceptors (Lipinski definition) is 6. The van der Waals surface area contributed by atoms with Gasteiger partial charge in [0.15, 0.2) is 11.3 Å². The smallest absolute Gasteiger partial charge is 1.00 e. The predicted molar refractivity (Wildman–Crippen MR) is 115 cm³/mol. The van der Waals surface area contributed by atoms with Crippen LogP contribution in [0.4, 0.5) is 0 Å². The van der Waals surface area contributed by atoms with E-state index >= 15 is 0 Å². The number of aryl methyl sites for hydroxylation is 2. The second kappa shape index (κ2) is 7.05. The summed E-state index contributed by atoms with van der Waals surface area (Å²) in [6.07, 6.45) is 1.40. The van der Waals surface area contributed by atoms with Crippen molar-refractivity contribution in [1.82, 2.24) is 18.3 Å². The number of thiophene rings is 1. The van der Waals surface area contributed by atoms with Crippen molar-refractivity contribution < 1.29 is 22.3 Å². The normalized spacial score (nSPS) is 12.0. The average molecular weight is 481 g/mol. The van der Waals surface area contributed by atoms with Gasteiger partial charge in [0.1, 0.15) is 4.70 Å². The minimum absolute atomic E-state index is 0. The largest absolute Gasteiger partial charge is 1.00 e. The Hall–Kier alpha value is -2.46. The molecule has 0 amide bonds. The number of hydrogen-bond donors (Lipinski definition) is 0. The average Bonchev–Trinajstić information content (AvgIpc) is 3.25. The van der Waals surface area contributed by atoms with Crippen LogP contribution < -0.4 is 18.0 Å². The van der Waals surface area contributed by atoms with Gasteiger partial charge in [-0.25, -0.2) is 21.8 Å². The molecule has 30 heavy (non-hydrogen) atoms. The van der Waals surface area contributed by atoms with Crippen molar-refractivity contribution in [2.75, 3.05) is 0 Å². The van der Waals surface area contributed by atoms with Gasteiger partial charge in [-0.1, -0.05) is 17.7 Å². The summed E-state index contributed by atoms with van der Waals surface area (Å²) in [7, 11) is -3.89. The Kier molecular flexibility index (Phi) is 4.89. The SMILES string of the molecule is Cc1ccc(S(=O)(=O)n2ccc3c2nc(Cl)n2c(=O)c4sc(C)cc4nc32)cc1.[Cl-].[H+]. The van der Waals surface area contributed by atoms with E-state index in [1.807, 2.05) is 19.9 Å². The van der Waals surface area contributed by atoms with Crippen LogP contribution in [0.5, 0.6) is 0 Å². The summed E-state index contributed by atoms with van der Waals surface area (Å²) >= 11 is 7.63. The van der Waals surface area contributed by atoms with Gasteiger partial charge in [0.05, 0.1) is 15.8 Å². The molecule has 0 atom stereocenters. The van der Waals surface area contributed by atoms with E-state index in [1.54, 1.807) is 30.3 Å². The lowest BCUT2D eigenvalue weighted by molar-refractivity contribution is -0.00000839. The van der Waals surface area contributed by atoms with Crippen LogP contribution >= 0.6 is 22.9 Å². The first kappa shape index (κ1) is 20.8. The third-order valence-electron chi connectivity index (χ3n) is 4.70. The highest BCUT2D eigenvalue weighted by atomic mass is 35.5. The van der Waals surface area contributed by atoms with Gasteiger partial charge in [-0.3, -0.25) is 4.79 Å². The first-order valence-corrected chi connectivity index (χ1v) is 11.2. The van der Waals surface area contributed by atoms with Gasteiger partial charge < -0.3 is 12.4 Å². The third-order valence-corrected chi connectivity index (χ3v) is 7.66. The molecule has 154 valence electrons. The highest BCUT2D eigenvalue weighted by Crippen LogP contribution is 2.28. The van der Waals surface area contributed by atoms with E-state index in [0.29, 0.717) is 15.6 Å². The van der Waals surface area contributed by atoms with Crippen LogP contribution in [-0.4, -0.2) is 26.8 Å². The molecule has 0 fully saturated rings. The van der Waals surface area contributed by atoms with Gasteiger partial charge in [-0.15, -0.1) is 11.3 Å². The highest BCUT2D eigenvalue weighted by molar-refractivity contribution is 7.90. The number of benzene rings is 1. The lowest BCUT2D eigenvalue weighted by atomic mass is 10.2. The fourth-order valence-electron chi connectivity index (χ4n) is 3.30. The Morgan fingerprint density at radius 1 is 1.07 bits per heavy atom. The molecule has 0 saturated carbocycles. The molecule has 7 nitrogen and oxygen atoms in total. The second-order valence-electron chi connectivity index (χ2n) is 6.70. The van der Waals surface area contributed by atoms with Crippen LogP contribution in [0.15, 0.2) is 52.3 Å². The fraction of sp³-hybridized carbons (Fsp3) is 0.105. The highest BCUT2D eigenvalue weighted by Gasteiger charge is 2.23. The molecule has 0 saturated heterocycles. The monoisotopic (exact) mass is 480 g/mol. The molecule has 0 N–H and O–H groups in total. The van der Waals surface area contributed by atoms with Crippen molar-refractivity contribution in [3.8, 4) is 0 Å². The predicted octanol–water partition coefficient (Wildman–Crippen LogP) is 0.883. The summed E-state index contributed by atoms with van der Waals surface area (Å²) in [5.41, 5.74) is 1.57. The van der Waals surface area contributed by atoms with Crippen LogP contribution in [0.1, 0.15) is 11.9 Å². The molecule has 0 spiro atoms. The van der Waals surface area contributed by atoms with E-state index in [0.717, 1.165) is 14.4 Å². The maximum atomic E-state index is 13.1. The van der Waals surface area contributed by atoms with E-state index in [2.05, 4.69) is 9.97 Å². The Morgan fingerprint density at radius 2 is 1.77 bits per heavy atom. The van der Waals surface area contributed by atoms with Gasteiger partial charge in [-0.05, 0) is 49.7 Å². The maximum Gasteiger partial charge on any atom is 1.00 e. The minimum atomic E-state index is -3.89. The van der Waals surface area contributed by atoms with Crippen LogP contribution in [-0.2, 0) is 10.0 Å². The zero-order valence-corrected chi connectivity index (χ0v) is 18.8. The molecule has 0 unspecified atom stereocenters. The van der Waals surface area contributed by atoms with Crippen molar-refractivity contribution in [1.29, 1.82) is 0 Å². The van der Waals surface area contributed by atoms with Gasteiger partial charge in [0, 0.05) is 11.1 Å². The summed E-state index contributed by atoms with van der Waals surface area (Å²) in [4.78, 5) is 22.8. The van der Waals surface area contributed by atoms with Crippen LogP contribution in [0.25, 0.3) is 26.9 Å². The van der Waals surface area contributed by atoms with Gasteiger partial charge in [-0.2, -0.15) is 4.98 Å². The summed E-state index contributed by atoms with van der Waals surface area (Å²) < 4.78 is 29.0. The summed E-state index contributed by atoms with van der Waals surface area (Å²) in [5.74, 6) is 0. The lowest BCUT2D eigenvalue weighted by Crippen LogP contribution is -3.00. The third kappa shape index (κ3) is 2.92. The van der Waals surface area contributed by atoms with Crippen molar-refractivity contribution in [2.24, 2.45) is 0 Å². The van der Waals surface area contributed by atoms with Crippen molar-refractivity contribution in [3.05, 3.63) is 68.7 Å². The topological polar surface area (TPSA) is 86.3 Å². The molecule has 0 aliphatic rings. The van der Waals surface area contributed by atoms with Gasteiger partial charge in [0.25, 0.3) is 15.6 Å². The summed E-state index contributed by atoms with van der Waals surface area (Å²) in [5, 5.41) is 0.282. The molecule has 5 rings (SSSR count). The summed E-state index contributed by atoms with van der Waals surface area (Å²) in [6, 6.07) is 9.94. The number of halogens is 2. The van der Waals surface area contributed by atoms with Crippen molar-refractivity contribution in [3.63, 3.8) is 0 Å². The minimum Gasteiger partial charge on any atom is -1.00 e.